The second-order valence-corrected chi connectivity index (χ2v) is 8.22. The number of para-hydroxylation sites is 1. The number of ether oxygens (including phenoxy) is 1. The molecule has 28 heavy (non-hydrogen) atoms. The van der Waals surface area contributed by atoms with Crippen LogP contribution in [0.1, 0.15) is 57.1 Å². The van der Waals surface area contributed by atoms with E-state index in [0.717, 1.165) is 52.8 Å². The Hall–Kier alpha value is -2.28. The Bertz CT molecular complexity index is 906. The van der Waals surface area contributed by atoms with Gasteiger partial charge in [0.05, 0.1) is 7.11 Å². The van der Waals surface area contributed by atoms with Crippen molar-refractivity contribution < 1.29 is 9.53 Å². The maximum atomic E-state index is 12.9. The number of hydrogen-bond donors (Lipinski definition) is 1. The number of unbranched alkanes of at least 4 members (excludes halogenated alkanes) is 2. The molecular weight excluding hydrogens is 372 g/mol. The summed E-state index contributed by atoms with van der Waals surface area (Å²) >= 11 is 1.68. The minimum Gasteiger partial charge on any atom is -0.496 e. The highest BCUT2D eigenvalue weighted by atomic mass is 32.2. The van der Waals surface area contributed by atoms with E-state index in [-0.39, 0.29) is 11.8 Å². The van der Waals surface area contributed by atoms with E-state index < -0.39 is 0 Å². The van der Waals surface area contributed by atoms with E-state index in [1.54, 1.807) is 18.9 Å². The summed E-state index contributed by atoms with van der Waals surface area (Å²) in [6.45, 7) is 2.20. The average Bonchev–Trinajstić information content (AvgIpc) is 3.12. The zero-order valence-corrected chi connectivity index (χ0v) is 17.2. The number of anilines is 1. The molecule has 0 saturated carbocycles. The van der Waals surface area contributed by atoms with Gasteiger partial charge in [-0.1, -0.05) is 49.7 Å². The van der Waals surface area contributed by atoms with Crippen molar-refractivity contribution in [1.82, 2.24) is 14.8 Å². The molecule has 1 atom stereocenters. The van der Waals surface area contributed by atoms with Gasteiger partial charge in [0.15, 0.2) is 5.78 Å². The van der Waals surface area contributed by atoms with Crippen molar-refractivity contribution in [2.24, 2.45) is 0 Å². The van der Waals surface area contributed by atoms with Gasteiger partial charge < -0.3 is 10.1 Å². The topological polar surface area (TPSA) is 69.0 Å². The lowest BCUT2D eigenvalue weighted by Gasteiger charge is -2.32. The fraction of sp³-hybridized carbons (Fsp3) is 0.476. The lowest BCUT2D eigenvalue weighted by molar-refractivity contribution is -0.116. The quantitative estimate of drug-likeness (QED) is 0.543. The molecule has 148 valence electrons. The monoisotopic (exact) mass is 398 g/mol. The molecule has 0 amide bonds. The Kier molecular flexibility index (Phi) is 5.71. The molecule has 0 saturated heterocycles. The van der Waals surface area contributed by atoms with Crippen LogP contribution in [-0.2, 0) is 4.79 Å². The van der Waals surface area contributed by atoms with Crippen LogP contribution in [0.4, 0.5) is 5.95 Å². The summed E-state index contributed by atoms with van der Waals surface area (Å²) in [5.41, 5.74) is 2.73. The number of methoxy groups -OCH3 is 1. The van der Waals surface area contributed by atoms with Crippen LogP contribution in [0.15, 0.2) is 40.7 Å². The molecule has 1 aromatic heterocycles. The standard InChI is InChI=1S/C21H26N4O2S/c1-3-4-7-13-28-21-23-20-22-15-10-8-11-16(26)18(15)19(25(20)24-21)14-9-5-6-12-17(14)27-2/h5-6,9,12,19H,3-4,7-8,10-11,13H2,1-2H3,(H,22,23,24)/t19-/m1/s1. The first-order valence-corrected chi connectivity index (χ1v) is 11.0. The van der Waals surface area contributed by atoms with Gasteiger partial charge in [0.25, 0.3) is 0 Å². The number of allylic oxidation sites excluding steroid dienone is 2. The molecule has 6 nitrogen and oxygen atoms in total. The second kappa shape index (κ2) is 8.39. The molecule has 0 spiro atoms. The summed E-state index contributed by atoms with van der Waals surface area (Å²) in [6.07, 6.45) is 5.88. The van der Waals surface area contributed by atoms with Crippen molar-refractivity contribution in [3.05, 3.63) is 41.1 Å². The molecule has 0 radical (unpaired) electrons. The van der Waals surface area contributed by atoms with Crippen molar-refractivity contribution >= 4 is 23.5 Å². The van der Waals surface area contributed by atoms with Gasteiger partial charge in [0, 0.05) is 29.0 Å². The number of nitrogens with one attached hydrogen (secondary N) is 1. The van der Waals surface area contributed by atoms with Gasteiger partial charge in [-0.2, -0.15) is 4.98 Å². The molecule has 1 aromatic carbocycles. The van der Waals surface area contributed by atoms with Gasteiger partial charge in [-0.3, -0.25) is 4.79 Å². The fourth-order valence-electron chi connectivity index (χ4n) is 3.89. The molecule has 4 rings (SSSR count). The van der Waals surface area contributed by atoms with Crippen molar-refractivity contribution in [2.75, 3.05) is 18.2 Å². The van der Waals surface area contributed by atoms with Crippen LogP contribution in [-0.4, -0.2) is 33.4 Å². The van der Waals surface area contributed by atoms with Crippen molar-refractivity contribution in [1.29, 1.82) is 0 Å². The highest BCUT2D eigenvalue weighted by Crippen LogP contribution is 2.43. The number of aromatic nitrogens is 3. The number of thioether (sulfide) groups is 1. The first kappa shape index (κ1) is 19.1. The summed E-state index contributed by atoms with van der Waals surface area (Å²) < 4.78 is 7.47. The first-order valence-electron chi connectivity index (χ1n) is 9.98. The summed E-state index contributed by atoms with van der Waals surface area (Å²) in [5, 5.41) is 8.91. The van der Waals surface area contributed by atoms with Crippen molar-refractivity contribution in [3.8, 4) is 5.75 Å². The number of rotatable bonds is 7. The van der Waals surface area contributed by atoms with Gasteiger partial charge in [-0.05, 0) is 25.3 Å². The van der Waals surface area contributed by atoms with E-state index in [1.165, 1.54) is 12.8 Å². The van der Waals surface area contributed by atoms with Crippen LogP contribution < -0.4 is 10.1 Å². The first-order chi connectivity index (χ1) is 13.7. The predicted molar refractivity (Wildman–Crippen MR) is 111 cm³/mol. The van der Waals surface area contributed by atoms with Gasteiger partial charge >= 0.3 is 0 Å². The Morgan fingerprint density at radius 2 is 2.14 bits per heavy atom. The van der Waals surface area contributed by atoms with Crippen LogP contribution in [0, 0.1) is 0 Å². The summed E-state index contributed by atoms with van der Waals surface area (Å²) in [4.78, 5) is 17.6. The zero-order valence-electron chi connectivity index (χ0n) is 16.4. The minimum atomic E-state index is -0.298. The van der Waals surface area contributed by atoms with Gasteiger partial charge in [0.2, 0.25) is 11.1 Å². The maximum absolute atomic E-state index is 12.9. The highest BCUT2D eigenvalue weighted by molar-refractivity contribution is 7.99. The van der Waals surface area contributed by atoms with E-state index in [4.69, 9.17) is 14.8 Å². The Balaban J connectivity index is 1.74. The minimum absolute atomic E-state index is 0.183. The molecule has 0 bridgehead atoms. The van der Waals surface area contributed by atoms with Gasteiger partial charge in [-0.15, -0.1) is 5.10 Å². The molecule has 0 fully saturated rings. The predicted octanol–water partition coefficient (Wildman–Crippen LogP) is 4.59. The molecule has 1 N–H and O–H groups in total. The molecule has 0 unspecified atom stereocenters. The lowest BCUT2D eigenvalue weighted by atomic mass is 9.85. The van der Waals surface area contributed by atoms with E-state index in [9.17, 15) is 4.79 Å². The largest absolute Gasteiger partial charge is 0.496 e. The number of nitrogens with zero attached hydrogens (tertiary/aromatic N) is 3. The maximum Gasteiger partial charge on any atom is 0.227 e. The highest BCUT2D eigenvalue weighted by Gasteiger charge is 2.38. The van der Waals surface area contributed by atoms with E-state index in [2.05, 4.69) is 12.2 Å². The van der Waals surface area contributed by atoms with Gasteiger partial charge in [0.1, 0.15) is 11.8 Å². The summed E-state index contributed by atoms with van der Waals surface area (Å²) in [6, 6.07) is 7.57. The van der Waals surface area contributed by atoms with Crippen molar-refractivity contribution in [3.63, 3.8) is 0 Å². The third-order valence-electron chi connectivity index (χ3n) is 5.26. The van der Waals surface area contributed by atoms with Crippen molar-refractivity contribution in [2.45, 2.75) is 56.6 Å². The van der Waals surface area contributed by atoms with E-state index >= 15 is 0 Å². The Morgan fingerprint density at radius 3 is 2.96 bits per heavy atom. The van der Waals surface area contributed by atoms with Crippen LogP contribution in [0.25, 0.3) is 0 Å². The molecule has 1 aliphatic heterocycles. The second-order valence-electron chi connectivity index (χ2n) is 7.16. The number of hydrogen-bond acceptors (Lipinski definition) is 6. The Morgan fingerprint density at radius 1 is 1.29 bits per heavy atom. The summed E-state index contributed by atoms with van der Waals surface area (Å²) in [5.74, 6) is 2.66. The smallest absolute Gasteiger partial charge is 0.227 e. The number of benzene rings is 1. The van der Waals surface area contributed by atoms with Crippen LogP contribution >= 0.6 is 11.8 Å². The van der Waals surface area contributed by atoms with Gasteiger partial charge in [-0.25, -0.2) is 4.68 Å². The molecule has 7 heteroatoms. The number of ketones is 1. The molecule has 2 heterocycles. The fourth-order valence-corrected chi connectivity index (χ4v) is 4.72. The van der Waals surface area contributed by atoms with E-state index in [0.29, 0.717) is 12.4 Å². The normalized spacial score (nSPS) is 18.5. The Labute approximate surface area is 169 Å². The number of Topliss-reactive ketones (excluding diaryl/α,β-unsaturated/α-hetero) is 1. The van der Waals surface area contributed by atoms with Crippen LogP contribution in [0.2, 0.25) is 0 Å². The third-order valence-corrected chi connectivity index (χ3v) is 6.19. The third kappa shape index (κ3) is 3.55. The zero-order chi connectivity index (χ0) is 19.5. The lowest BCUT2D eigenvalue weighted by Crippen LogP contribution is -2.31. The van der Waals surface area contributed by atoms with Crippen LogP contribution in [0.3, 0.4) is 0 Å². The number of carbonyl (C=O) groups excluding carboxylic acids is 1. The molecular formula is C21H26N4O2S. The SMILES string of the molecule is CCCCCSc1nc2n(n1)[C@H](c1ccccc1OC)C1=C(CCCC1=O)N2. The molecule has 2 aromatic rings. The average molecular weight is 399 g/mol. The number of fused-ring (bicyclic) bond motifs is 1. The number of carbonyl (C=O) groups is 1. The molecule has 2 aliphatic rings. The summed E-state index contributed by atoms with van der Waals surface area (Å²) in [7, 11) is 1.66. The van der Waals surface area contributed by atoms with E-state index in [1.807, 2.05) is 28.9 Å². The van der Waals surface area contributed by atoms with Crippen LogP contribution in [0.5, 0.6) is 5.75 Å². The molecule has 1 aliphatic carbocycles.